The van der Waals surface area contributed by atoms with E-state index in [0.29, 0.717) is 18.0 Å². The summed E-state index contributed by atoms with van der Waals surface area (Å²) in [4.78, 5) is 4.48. The molecule has 0 bridgehead atoms. The lowest BCUT2D eigenvalue weighted by Gasteiger charge is -2.14. The third-order valence-corrected chi connectivity index (χ3v) is 3.97. The van der Waals surface area contributed by atoms with Crippen LogP contribution in [0.1, 0.15) is 16.8 Å². The van der Waals surface area contributed by atoms with Gasteiger partial charge >= 0.3 is 0 Å². The molecule has 0 spiro atoms. The molecule has 0 aliphatic rings. The highest BCUT2D eigenvalue weighted by Gasteiger charge is 2.10. The molecule has 4 heteroatoms. The number of hydrogen-bond acceptors (Lipinski definition) is 4. The van der Waals surface area contributed by atoms with E-state index in [1.807, 2.05) is 36.4 Å². The number of benzene rings is 2. The third kappa shape index (κ3) is 3.12. The number of aliphatic hydroxyl groups excluding tert-OH is 1. The molecule has 0 fully saturated rings. The maximum Gasteiger partial charge on any atom is 0.145 e. The standard InChI is InChI=1S/C19H20N2O2/c1-13-6-3-4-7-14(13)11-20-17-10-15(12-22)21-19-16(17)8-5-9-18(19)23-2/h3-10,22H,11-12H2,1-2H3,(H,20,21). The number of aromatic nitrogens is 1. The van der Waals surface area contributed by atoms with Gasteiger partial charge in [-0.25, -0.2) is 4.98 Å². The smallest absolute Gasteiger partial charge is 0.145 e. The van der Waals surface area contributed by atoms with E-state index in [2.05, 4.69) is 29.4 Å². The fourth-order valence-corrected chi connectivity index (χ4v) is 2.67. The van der Waals surface area contributed by atoms with E-state index in [4.69, 9.17) is 4.74 Å². The summed E-state index contributed by atoms with van der Waals surface area (Å²) in [6.07, 6.45) is 0. The minimum atomic E-state index is -0.104. The molecule has 0 amide bonds. The van der Waals surface area contributed by atoms with E-state index in [-0.39, 0.29) is 6.61 Å². The number of anilines is 1. The van der Waals surface area contributed by atoms with Crippen LogP contribution in [0.5, 0.6) is 5.75 Å². The summed E-state index contributed by atoms with van der Waals surface area (Å²) in [5.74, 6) is 0.705. The van der Waals surface area contributed by atoms with Crippen LogP contribution in [-0.2, 0) is 13.2 Å². The van der Waals surface area contributed by atoms with E-state index in [0.717, 1.165) is 16.6 Å². The highest BCUT2D eigenvalue weighted by atomic mass is 16.5. The number of methoxy groups -OCH3 is 1. The largest absolute Gasteiger partial charge is 0.494 e. The topological polar surface area (TPSA) is 54.4 Å². The first kappa shape index (κ1) is 15.3. The Morgan fingerprint density at radius 3 is 2.70 bits per heavy atom. The average molecular weight is 308 g/mol. The van der Waals surface area contributed by atoms with Gasteiger partial charge in [0.25, 0.3) is 0 Å². The van der Waals surface area contributed by atoms with E-state index in [1.165, 1.54) is 11.1 Å². The van der Waals surface area contributed by atoms with Crippen molar-refractivity contribution in [1.82, 2.24) is 4.98 Å². The maximum atomic E-state index is 9.48. The monoisotopic (exact) mass is 308 g/mol. The first-order valence-corrected chi connectivity index (χ1v) is 7.59. The molecular formula is C19H20N2O2. The molecule has 0 saturated heterocycles. The second-order valence-electron chi connectivity index (χ2n) is 5.46. The Labute approximate surface area is 135 Å². The minimum Gasteiger partial charge on any atom is -0.494 e. The summed E-state index contributed by atoms with van der Waals surface area (Å²) in [5.41, 5.74) is 4.81. The van der Waals surface area contributed by atoms with Crippen LogP contribution >= 0.6 is 0 Å². The molecule has 4 nitrogen and oxygen atoms in total. The van der Waals surface area contributed by atoms with Gasteiger partial charge < -0.3 is 15.2 Å². The summed E-state index contributed by atoms with van der Waals surface area (Å²) in [6.45, 7) is 2.71. The number of para-hydroxylation sites is 1. The first-order valence-electron chi connectivity index (χ1n) is 7.59. The Hall–Kier alpha value is -2.59. The molecule has 3 rings (SSSR count). The Balaban J connectivity index is 2.01. The van der Waals surface area contributed by atoms with Crippen molar-refractivity contribution >= 4 is 16.6 Å². The fraction of sp³-hybridized carbons (Fsp3) is 0.211. The molecular weight excluding hydrogens is 288 g/mol. The van der Waals surface area contributed by atoms with E-state index >= 15 is 0 Å². The second-order valence-corrected chi connectivity index (χ2v) is 5.46. The number of aliphatic hydroxyl groups is 1. The molecule has 2 N–H and O–H groups in total. The van der Waals surface area contributed by atoms with E-state index < -0.39 is 0 Å². The van der Waals surface area contributed by atoms with Crippen molar-refractivity contribution in [3.05, 3.63) is 65.4 Å². The van der Waals surface area contributed by atoms with Gasteiger partial charge in [-0.05, 0) is 30.2 Å². The van der Waals surface area contributed by atoms with Gasteiger partial charge in [-0.3, -0.25) is 0 Å². The van der Waals surface area contributed by atoms with Crippen LogP contribution in [-0.4, -0.2) is 17.2 Å². The van der Waals surface area contributed by atoms with Crippen LogP contribution < -0.4 is 10.1 Å². The predicted octanol–water partition coefficient (Wildman–Crippen LogP) is 3.66. The van der Waals surface area contributed by atoms with Crippen LogP contribution in [0, 0.1) is 6.92 Å². The molecule has 1 aromatic heterocycles. The molecule has 0 aliphatic heterocycles. The number of nitrogens with zero attached hydrogens (tertiary/aromatic N) is 1. The number of ether oxygens (including phenoxy) is 1. The van der Waals surface area contributed by atoms with Crippen LogP contribution in [0.15, 0.2) is 48.5 Å². The van der Waals surface area contributed by atoms with Crippen molar-refractivity contribution in [1.29, 1.82) is 0 Å². The Morgan fingerprint density at radius 2 is 1.96 bits per heavy atom. The van der Waals surface area contributed by atoms with Gasteiger partial charge in [0.05, 0.1) is 19.4 Å². The van der Waals surface area contributed by atoms with Crippen LogP contribution in [0.2, 0.25) is 0 Å². The van der Waals surface area contributed by atoms with Gasteiger partial charge in [-0.1, -0.05) is 36.4 Å². The van der Waals surface area contributed by atoms with E-state index in [1.54, 1.807) is 7.11 Å². The molecule has 0 atom stereocenters. The second kappa shape index (κ2) is 6.67. The van der Waals surface area contributed by atoms with Gasteiger partial charge in [0.2, 0.25) is 0 Å². The number of nitrogens with one attached hydrogen (secondary N) is 1. The summed E-state index contributed by atoms with van der Waals surface area (Å²) >= 11 is 0. The predicted molar refractivity (Wildman–Crippen MR) is 92.7 cm³/mol. The lowest BCUT2D eigenvalue weighted by molar-refractivity contribution is 0.277. The highest BCUT2D eigenvalue weighted by molar-refractivity contribution is 5.95. The zero-order valence-corrected chi connectivity index (χ0v) is 13.3. The molecule has 0 radical (unpaired) electrons. The number of rotatable bonds is 5. The quantitative estimate of drug-likeness (QED) is 0.755. The number of pyridine rings is 1. The summed E-state index contributed by atoms with van der Waals surface area (Å²) in [6, 6.07) is 16.0. The van der Waals surface area contributed by atoms with Gasteiger partial charge in [0.1, 0.15) is 11.3 Å². The van der Waals surface area contributed by atoms with Gasteiger partial charge in [-0.15, -0.1) is 0 Å². The molecule has 23 heavy (non-hydrogen) atoms. The number of aryl methyl sites for hydroxylation is 1. The lowest BCUT2D eigenvalue weighted by atomic mass is 10.1. The Kier molecular flexibility index (Phi) is 4.44. The summed E-state index contributed by atoms with van der Waals surface area (Å²) < 4.78 is 5.39. The van der Waals surface area contributed by atoms with Crippen LogP contribution in [0.3, 0.4) is 0 Å². The molecule has 3 aromatic rings. The normalized spacial score (nSPS) is 10.7. The SMILES string of the molecule is COc1cccc2c(NCc3ccccc3C)cc(CO)nc12. The number of hydrogen-bond donors (Lipinski definition) is 2. The van der Waals surface area contributed by atoms with Gasteiger partial charge in [0, 0.05) is 17.6 Å². The van der Waals surface area contributed by atoms with Gasteiger partial charge in [-0.2, -0.15) is 0 Å². The van der Waals surface area contributed by atoms with Crippen molar-refractivity contribution in [2.75, 3.05) is 12.4 Å². The average Bonchev–Trinajstić information content (AvgIpc) is 2.60. The van der Waals surface area contributed by atoms with Gasteiger partial charge in [0.15, 0.2) is 0 Å². The summed E-state index contributed by atoms with van der Waals surface area (Å²) in [5, 5.41) is 13.9. The first-order chi connectivity index (χ1) is 11.2. The molecule has 1 heterocycles. The molecule has 0 unspecified atom stereocenters. The van der Waals surface area contributed by atoms with Crippen molar-refractivity contribution in [2.45, 2.75) is 20.1 Å². The zero-order valence-electron chi connectivity index (χ0n) is 13.3. The van der Waals surface area contributed by atoms with Crippen molar-refractivity contribution in [3.63, 3.8) is 0 Å². The lowest BCUT2D eigenvalue weighted by Crippen LogP contribution is -2.04. The summed E-state index contributed by atoms with van der Waals surface area (Å²) in [7, 11) is 1.63. The van der Waals surface area contributed by atoms with Crippen molar-refractivity contribution in [2.24, 2.45) is 0 Å². The number of fused-ring (bicyclic) bond motifs is 1. The van der Waals surface area contributed by atoms with Crippen molar-refractivity contribution < 1.29 is 9.84 Å². The fourth-order valence-electron chi connectivity index (χ4n) is 2.67. The zero-order chi connectivity index (χ0) is 16.2. The molecule has 0 saturated carbocycles. The van der Waals surface area contributed by atoms with Crippen molar-refractivity contribution in [3.8, 4) is 5.75 Å². The highest BCUT2D eigenvalue weighted by Crippen LogP contribution is 2.30. The third-order valence-electron chi connectivity index (χ3n) is 3.97. The maximum absolute atomic E-state index is 9.48. The van der Waals surface area contributed by atoms with Crippen LogP contribution in [0.4, 0.5) is 5.69 Å². The molecule has 0 aliphatic carbocycles. The minimum absolute atomic E-state index is 0.104. The molecule has 118 valence electrons. The Morgan fingerprint density at radius 1 is 1.13 bits per heavy atom. The van der Waals surface area contributed by atoms with Crippen LogP contribution in [0.25, 0.3) is 10.9 Å². The van der Waals surface area contributed by atoms with E-state index in [9.17, 15) is 5.11 Å². The Bertz CT molecular complexity index is 831. The molecule has 2 aromatic carbocycles.